The quantitative estimate of drug-likeness (QED) is 0.890. The van der Waals surface area contributed by atoms with Crippen molar-refractivity contribution in [2.75, 3.05) is 33.7 Å². The predicted octanol–water partition coefficient (Wildman–Crippen LogP) is 1.39. The summed E-state index contributed by atoms with van der Waals surface area (Å²) in [6.07, 6.45) is 1.64. The number of likely N-dealkylation sites (tertiary alicyclic amines) is 1. The van der Waals surface area contributed by atoms with Crippen LogP contribution in [0.25, 0.3) is 0 Å². The average molecular weight is 326 g/mol. The second-order valence-corrected chi connectivity index (χ2v) is 5.39. The van der Waals surface area contributed by atoms with Crippen LogP contribution in [0.4, 0.5) is 0 Å². The Hall–Kier alpha value is -1.59. The first-order valence-electron chi connectivity index (χ1n) is 7.40. The average Bonchev–Trinajstić information content (AvgIpc) is 3.01. The zero-order chi connectivity index (χ0) is 15.2. The lowest BCUT2D eigenvalue weighted by Crippen LogP contribution is -2.47. The van der Waals surface area contributed by atoms with E-state index in [1.807, 2.05) is 25.2 Å². The first-order valence-corrected chi connectivity index (χ1v) is 7.40. The summed E-state index contributed by atoms with van der Waals surface area (Å²) < 4.78 is 0. The van der Waals surface area contributed by atoms with Crippen LogP contribution in [-0.4, -0.2) is 61.4 Å². The SMILES string of the molecule is CNCCN(C)C(=O)C1CCCN1C(=O)c1ccccc1.Cl. The molecule has 122 valence electrons. The van der Waals surface area contributed by atoms with Crippen molar-refractivity contribution in [3.63, 3.8) is 0 Å². The Morgan fingerprint density at radius 2 is 2.00 bits per heavy atom. The number of halogens is 1. The molecule has 1 fully saturated rings. The van der Waals surface area contributed by atoms with Gasteiger partial charge in [0.1, 0.15) is 6.04 Å². The van der Waals surface area contributed by atoms with Gasteiger partial charge in [0.05, 0.1) is 0 Å². The number of carbonyl (C=O) groups is 2. The van der Waals surface area contributed by atoms with E-state index in [9.17, 15) is 9.59 Å². The summed E-state index contributed by atoms with van der Waals surface area (Å²) in [4.78, 5) is 28.5. The van der Waals surface area contributed by atoms with Crippen molar-refractivity contribution in [3.05, 3.63) is 35.9 Å². The zero-order valence-corrected chi connectivity index (χ0v) is 13.9. The van der Waals surface area contributed by atoms with E-state index in [4.69, 9.17) is 0 Å². The van der Waals surface area contributed by atoms with E-state index >= 15 is 0 Å². The lowest BCUT2D eigenvalue weighted by atomic mass is 10.1. The molecule has 5 nitrogen and oxygen atoms in total. The van der Waals surface area contributed by atoms with Gasteiger partial charge in [-0.3, -0.25) is 9.59 Å². The van der Waals surface area contributed by atoms with E-state index in [1.165, 1.54) is 0 Å². The fourth-order valence-electron chi connectivity index (χ4n) is 2.66. The van der Waals surface area contributed by atoms with Gasteiger partial charge in [-0.05, 0) is 32.0 Å². The Bertz CT molecular complexity index is 495. The van der Waals surface area contributed by atoms with Crippen molar-refractivity contribution in [2.24, 2.45) is 0 Å². The zero-order valence-electron chi connectivity index (χ0n) is 13.1. The molecule has 0 aliphatic carbocycles. The molecular weight excluding hydrogens is 302 g/mol. The normalized spacial score (nSPS) is 17.0. The van der Waals surface area contributed by atoms with E-state index in [2.05, 4.69) is 5.32 Å². The molecule has 6 heteroatoms. The molecule has 1 heterocycles. The Morgan fingerprint density at radius 1 is 1.32 bits per heavy atom. The fourth-order valence-corrected chi connectivity index (χ4v) is 2.66. The summed E-state index contributed by atoms with van der Waals surface area (Å²) in [7, 11) is 3.66. The molecule has 1 aliphatic heterocycles. The number of carbonyl (C=O) groups excluding carboxylic acids is 2. The van der Waals surface area contributed by atoms with E-state index in [-0.39, 0.29) is 30.3 Å². The lowest BCUT2D eigenvalue weighted by molar-refractivity contribution is -0.133. The minimum atomic E-state index is -0.320. The number of hydrogen-bond donors (Lipinski definition) is 1. The number of hydrogen-bond acceptors (Lipinski definition) is 3. The minimum Gasteiger partial charge on any atom is -0.343 e. The van der Waals surface area contributed by atoms with Crippen molar-refractivity contribution < 1.29 is 9.59 Å². The summed E-state index contributed by atoms with van der Waals surface area (Å²) in [6.45, 7) is 2.06. The Balaban J connectivity index is 0.00000242. The van der Waals surface area contributed by atoms with Gasteiger partial charge in [0.2, 0.25) is 5.91 Å². The summed E-state index contributed by atoms with van der Waals surface area (Å²) in [5, 5.41) is 3.03. The summed E-state index contributed by atoms with van der Waals surface area (Å²) in [5.41, 5.74) is 0.648. The van der Waals surface area contributed by atoms with Crippen molar-refractivity contribution in [1.29, 1.82) is 0 Å². The molecule has 1 N–H and O–H groups in total. The monoisotopic (exact) mass is 325 g/mol. The van der Waals surface area contributed by atoms with Gasteiger partial charge in [0, 0.05) is 32.2 Å². The van der Waals surface area contributed by atoms with E-state index < -0.39 is 0 Å². The van der Waals surface area contributed by atoms with Gasteiger partial charge in [0.25, 0.3) is 5.91 Å². The number of nitrogens with zero attached hydrogens (tertiary/aromatic N) is 2. The molecule has 1 atom stereocenters. The van der Waals surface area contributed by atoms with Crippen LogP contribution in [0.3, 0.4) is 0 Å². The number of benzene rings is 1. The number of likely N-dealkylation sites (N-methyl/N-ethyl adjacent to an activating group) is 2. The van der Waals surface area contributed by atoms with Gasteiger partial charge < -0.3 is 15.1 Å². The minimum absolute atomic E-state index is 0. The van der Waals surface area contributed by atoms with Gasteiger partial charge in [-0.25, -0.2) is 0 Å². The highest BCUT2D eigenvalue weighted by molar-refractivity contribution is 5.97. The standard InChI is InChI=1S/C16H23N3O2.ClH/c1-17-10-12-18(2)16(21)14-9-6-11-19(14)15(20)13-7-4-3-5-8-13;/h3-5,7-8,14,17H,6,9-12H2,1-2H3;1H. The molecule has 0 aromatic heterocycles. The third-order valence-electron chi connectivity index (χ3n) is 3.89. The van der Waals surface area contributed by atoms with E-state index in [0.29, 0.717) is 18.7 Å². The number of rotatable bonds is 5. The molecule has 22 heavy (non-hydrogen) atoms. The second kappa shape index (κ2) is 8.76. The van der Waals surface area contributed by atoms with Gasteiger partial charge >= 0.3 is 0 Å². The van der Waals surface area contributed by atoms with Crippen LogP contribution in [0.2, 0.25) is 0 Å². The van der Waals surface area contributed by atoms with Crippen molar-refractivity contribution in [1.82, 2.24) is 15.1 Å². The maximum atomic E-state index is 12.5. The molecule has 1 aromatic rings. The molecule has 0 spiro atoms. The van der Waals surface area contributed by atoms with Crippen molar-refractivity contribution in [2.45, 2.75) is 18.9 Å². The smallest absolute Gasteiger partial charge is 0.254 e. The molecule has 1 aromatic carbocycles. The molecule has 0 radical (unpaired) electrons. The van der Waals surface area contributed by atoms with E-state index in [0.717, 1.165) is 19.4 Å². The Kier molecular flexibility index (Phi) is 7.35. The molecule has 2 rings (SSSR count). The summed E-state index contributed by atoms with van der Waals surface area (Å²) in [5.74, 6) is -0.0134. The highest BCUT2D eigenvalue weighted by Crippen LogP contribution is 2.21. The van der Waals surface area contributed by atoms with Crippen LogP contribution < -0.4 is 5.32 Å². The van der Waals surface area contributed by atoms with Gasteiger partial charge in [-0.15, -0.1) is 12.4 Å². The van der Waals surface area contributed by atoms with Gasteiger partial charge in [0.15, 0.2) is 0 Å². The first kappa shape index (κ1) is 18.5. The third kappa shape index (κ3) is 4.21. The van der Waals surface area contributed by atoms with Crippen LogP contribution in [0.1, 0.15) is 23.2 Å². The molecule has 2 amide bonds. The molecule has 0 bridgehead atoms. The molecular formula is C16H24ClN3O2. The first-order chi connectivity index (χ1) is 10.1. The fraction of sp³-hybridized carbons (Fsp3) is 0.500. The molecule has 1 unspecified atom stereocenters. The maximum absolute atomic E-state index is 12.5. The summed E-state index contributed by atoms with van der Waals surface area (Å²) >= 11 is 0. The second-order valence-electron chi connectivity index (χ2n) is 5.39. The van der Waals surface area contributed by atoms with Crippen molar-refractivity contribution in [3.8, 4) is 0 Å². The van der Waals surface area contributed by atoms with Crippen LogP contribution in [0.5, 0.6) is 0 Å². The number of nitrogens with one attached hydrogen (secondary N) is 1. The lowest BCUT2D eigenvalue weighted by Gasteiger charge is -2.28. The molecule has 1 saturated heterocycles. The van der Waals surface area contributed by atoms with Crippen LogP contribution in [-0.2, 0) is 4.79 Å². The van der Waals surface area contributed by atoms with Gasteiger partial charge in [-0.1, -0.05) is 18.2 Å². The molecule has 0 saturated carbocycles. The largest absolute Gasteiger partial charge is 0.343 e. The summed E-state index contributed by atoms with van der Waals surface area (Å²) in [6, 6.07) is 8.85. The predicted molar refractivity (Wildman–Crippen MR) is 89.3 cm³/mol. The Labute approximate surface area is 138 Å². The van der Waals surface area contributed by atoms with Crippen LogP contribution in [0.15, 0.2) is 30.3 Å². The Morgan fingerprint density at radius 3 is 2.64 bits per heavy atom. The van der Waals surface area contributed by atoms with Crippen LogP contribution in [0, 0.1) is 0 Å². The highest BCUT2D eigenvalue weighted by atomic mass is 35.5. The third-order valence-corrected chi connectivity index (χ3v) is 3.89. The topological polar surface area (TPSA) is 52.7 Å². The van der Waals surface area contributed by atoms with E-state index in [1.54, 1.807) is 29.0 Å². The molecule has 1 aliphatic rings. The number of amides is 2. The highest BCUT2D eigenvalue weighted by Gasteiger charge is 2.35. The van der Waals surface area contributed by atoms with Gasteiger partial charge in [-0.2, -0.15) is 0 Å². The van der Waals surface area contributed by atoms with Crippen molar-refractivity contribution >= 4 is 24.2 Å². The maximum Gasteiger partial charge on any atom is 0.254 e. The van der Waals surface area contributed by atoms with Crippen LogP contribution >= 0.6 is 12.4 Å².